The Labute approximate surface area is 188 Å². The van der Waals surface area contributed by atoms with Gasteiger partial charge in [0.2, 0.25) is 0 Å². The molecule has 1 fully saturated rings. The first-order valence-corrected chi connectivity index (χ1v) is 11.8. The van der Waals surface area contributed by atoms with Crippen LogP contribution >= 0.6 is 11.3 Å². The van der Waals surface area contributed by atoms with Crippen molar-refractivity contribution in [3.8, 4) is 0 Å². The van der Waals surface area contributed by atoms with Crippen molar-refractivity contribution in [2.75, 3.05) is 31.1 Å². The van der Waals surface area contributed by atoms with E-state index in [2.05, 4.69) is 49.9 Å². The van der Waals surface area contributed by atoms with Crippen molar-refractivity contribution >= 4 is 33.4 Å². The van der Waals surface area contributed by atoms with Crippen LogP contribution in [-0.4, -0.2) is 56.7 Å². The fourth-order valence-electron chi connectivity index (χ4n) is 4.00. The summed E-state index contributed by atoms with van der Waals surface area (Å²) in [5.74, 6) is 0.297. The van der Waals surface area contributed by atoms with Crippen LogP contribution in [-0.2, 0) is 5.54 Å². The first-order chi connectivity index (χ1) is 14.6. The second-order valence-electron chi connectivity index (χ2n) is 9.67. The van der Waals surface area contributed by atoms with Crippen molar-refractivity contribution in [3.63, 3.8) is 0 Å². The van der Waals surface area contributed by atoms with Gasteiger partial charge in [0.15, 0.2) is 10.8 Å². The van der Waals surface area contributed by atoms with Crippen LogP contribution in [0.15, 0.2) is 11.4 Å². The summed E-state index contributed by atoms with van der Waals surface area (Å²) < 4.78 is 1.96. The van der Waals surface area contributed by atoms with Crippen LogP contribution in [0.25, 0.3) is 11.0 Å². The number of carbonyl (C=O) groups is 1. The first kappa shape index (κ1) is 21.7. The molecule has 3 aromatic rings. The summed E-state index contributed by atoms with van der Waals surface area (Å²) in [6.45, 7) is 17.5. The minimum absolute atomic E-state index is 0.0702. The molecule has 0 spiro atoms. The Kier molecular flexibility index (Phi) is 5.54. The molecule has 4 rings (SSSR count). The normalized spacial score (nSPS) is 15.4. The van der Waals surface area contributed by atoms with E-state index in [4.69, 9.17) is 10.1 Å². The van der Waals surface area contributed by atoms with E-state index < -0.39 is 0 Å². The molecule has 0 aliphatic carbocycles. The van der Waals surface area contributed by atoms with Gasteiger partial charge in [0.25, 0.3) is 5.91 Å². The third-order valence-corrected chi connectivity index (χ3v) is 6.75. The molecular weight excluding hydrogens is 408 g/mol. The first-order valence-electron chi connectivity index (χ1n) is 10.9. The van der Waals surface area contributed by atoms with Gasteiger partial charge in [-0.15, -0.1) is 11.3 Å². The highest BCUT2D eigenvalue weighted by Gasteiger charge is 2.29. The largest absolute Gasteiger partial charge is 0.345 e. The highest BCUT2D eigenvalue weighted by atomic mass is 32.1. The van der Waals surface area contributed by atoms with Gasteiger partial charge in [0, 0.05) is 37.3 Å². The lowest BCUT2D eigenvalue weighted by molar-refractivity contribution is 0.0748. The predicted molar refractivity (Wildman–Crippen MR) is 126 cm³/mol. The molecule has 0 saturated carbocycles. The van der Waals surface area contributed by atoms with E-state index in [0.29, 0.717) is 13.1 Å². The molecule has 0 bridgehead atoms. The van der Waals surface area contributed by atoms with Gasteiger partial charge >= 0.3 is 0 Å². The number of fused-ring (bicyclic) bond motifs is 1. The number of rotatable bonds is 3. The molecule has 0 aromatic carbocycles. The molecule has 1 saturated heterocycles. The van der Waals surface area contributed by atoms with Gasteiger partial charge in [0.1, 0.15) is 0 Å². The van der Waals surface area contributed by atoms with Crippen LogP contribution in [0.2, 0.25) is 0 Å². The maximum atomic E-state index is 13.7. The number of piperazine rings is 1. The molecule has 0 N–H and O–H groups in total. The van der Waals surface area contributed by atoms with Crippen molar-refractivity contribution in [1.82, 2.24) is 24.6 Å². The van der Waals surface area contributed by atoms with E-state index >= 15 is 0 Å². The molecule has 8 heteroatoms. The number of aromatic nitrogens is 4. The highest BCUT2D eigenvalue weighted by Crippen LogP contribution is 2.30. The summed E-state index contributed by atoms with van der Waals surface area (Å²) in [5, 5.41) is 8.76. The second-order valence-corrected chi connectivity index (χ2v) is 10.5. The molecule has 4 heterocycles. The summed E-state index contributed by atoms with van der Waals surface area (Å²) in [5.41, 5.74) is 4.14. The maximum Gasteiger partial charge on any atom is 0.254 e. The van der Waals surface area contributed by atoms with Crippen molar-refractivity contribution in [2.24, 2.45) is 0 Å². The minimum atomic E-state index is -0.215. The lowest BCUT2D eigenvalue weighted by Crippen LogP contribution is -2.48. The molecule has 1 aliphatic heterocycles. The van der Waals surface area contributed by atoms with Gasteiger partial charge in [-0.05, 0) is 46.6 Å². The number of carbonyl (C=O) groups excluding carboxylic acids is 1. The number of nitrogens with zero attached hydrogens (tertiary/aromatic N) is 6. The summed E-state index contributed by atoms with van der Waals surface area (Å²) in [7, 11) is 0. The van der Waals surface area contributed by atoms with E-state index in [-0.39, 0.29) is 17.4 Å². The molecule has 31 heavy (non-hydrogen) atoms. The quantitative estimate of drug-likeness (QED) is 0.606. The zero-order valence-electron chi connectivity index (χ0n) is 19.6. The monoisotopic (exact) mass is 440 g/mol. The average Bonchev–Trinajstić information content (AvgIpc) is 3.30. The van der Waals surface area contributed by atoms with Crippen molar-refractivity contribution < 1.29 is 4.79 Å². The summed E-state index contributed by atoms with van der Waals surface area (Å²) in [6.07, 6.45) is 0. The van der Waals surface area contributed by atoms with Gasteiger partial charge in [-0.3, -0.25) is 4.79 Å². The number of anilines is 1. The molecule has 0 unspecified atom stereocenters. The Balaban J connectivity index is 1.68. The number of thiazole rings is 1. The molecule has 0 radical (unpaired) electrons. The number of hydrogen-bond donors (Lipinski definition) is 0. The Morgan fingerprint density at radius 3 is 2.32 bits per heavy atom. The van der Waals surface area contributed by atoms with E-state index in [0.717, 1.165) is 51.9 Å². The van der Waals surface area contributed by atoms with E-state index in [9.17, 15) is 4.79 Å². The molecule has 7 nitrogen and oxygen atoms in total. The molecule has 1 aliphatic rings. The van der Waals surface area contributed by atoms with E-state index in [1.165, 1.54) is 0 Å². The number of pyridine rings is 1. The molecule has 3 aromatic heterocycles. The Bertz CT molecular complexity index is 1120. The number of amides is 1. The molecule has 1 amide bonds. The van der Waals surface area contributed by atoms with E-state index in [1.807, 2.05) is 29.5 Å². The van der Waals surface area contributed by atoms with Crippen LogP contribution in [0, 0.1) is 13.8 Å². The Morgan fingerprint density at radius 2 is 1.77 bits per heavy atom. The van der Waals surface area contributed by atoms with Crippen LogP contribution in [0.3, 0.4) is 0 Å². The van der Waals surface area contributed by atoms with Crippen molar-refractivity contribution in [1.29, 1.82) is 0 Å². The lowest BCUT2D eigenvalue weighted by Gasteiger charge is -2.34. The third kappa shape index (κ3) is 4.05. The third-order valence-electron chi connectivity index (χ3n) is 5.73. The highest BCUT2D eigenvalue weighted by molar-refractivity contribution is 7.13. The minimum Gasteiger partial charge on any atom is -0.345 e. The fourth-order valence-corrected chi connectivity index (χ4v) is 4.86. The maximum absolute atomic E-state index is 13.7. The molecule has 166 valence electrons. The van der Waals surface area contributed by atoms with Crippen molar-refractivity contribution in [2.45, 2.75) is 59.9 Å². The van der Waals surface area contributed by atoms with Crippen LogP contribution in [0.4, 0.5) is 5.13 Å². The van der Waals surface area contributed by atoms with Gasteiger partial charge in [-0.1, -0.05) is 13.8 Å². The van der Waals surface area contributed by atoms with Gasteiger partial charge < -0.3 is 9.80 Å². The second kappa shape index (κ2) is 7.89. The van der Waals surface area contributed by atoms with E-state index in [1.54, 1.807) is 11.3 Å². The Morgan fingerprint density at radius 1 is 1.10 bits per heavy atom. The molecule has 0 atom stereocenters. The zero-order chi connectivity index (χ0) is 22.5. The summed E-state index contributed by atoms with van der Waals surface area (Å²) in [4.78, 5) is 27.4. The number of aryl methyl sites for hydroxylation is 2. The predicted octanol–water partition coefficient (Wildman–Crippen LogP) is 4.35. The number of hydrogen-bond acceptors (Lipinski definition) is 6. The topological polar surface area (TPSA) is 67.2 Å². The van der Waals surface area contributed by atoms with Crippen LogP contribution in [0.1, 0.15) is 68.0 Å². The zero-order valence-corrected chi connectivity index (χ0v) is 20.4. The van der Waals surface area contributed by atoms with Gasteiger partial charge in [-0.25, -0.2) is 14.6 Å². The van der Waals surface area contributed by atoms with Crippen LogP contribution in [0.5, 0.6) is 0 Å². The van der Waals surface area contributed by atoms with Crippen molar-refractivity contribution in [3.05, 3.63) is 34.1 Å². The van der Waals surface area contributed by atoms with Crippen LogP contribution < -0.4 is 4.90 Å². The SMILES string of the molecule is Cc1csc(N2CCN(C(=O)c3cc(C(C)C)nc4c3c(C)nn4C(C)(C)C)CC2)n1. The van der Waals surface area contributed by atoms with Gasteiger partial charge in [-0.2, -0.15) is 5.10 Å². The average molecular weight is 441 g/mol. The summed E-state index contributed by atoms with van der Waals surface area (Å²) >= 11 is 1.67. The Hall–Kier alpha value is -2.48. The smallest absolute Gasteiger partial charge is 0.254 e. The fraction of sp³-hybridized carbons (Fsp3) is 0.565. The standard InChI is InChI=1S/C23H32N6OS/c1-14(2)18-12-17(19-16(4)26-29(20(19)25-18)23(5,6)7)21(30)27-8-10-28(11-9-27)22-24-15(3)13-31-22/h12-14H,8-11H2,1-7H3. The lowest BCUT2D eigenvalue weighted by atomic mass is 10.0. The van der Waals surface area contributed by atoms with Gasteiger partial charge in [0.05, 0.1) is 27.9 Å². The summed E-state index contributed by atoms with van der Waals surface area (Å²) in [6, 6.07) is 1.98. The molecular formula is C23H32N6OS.